The summed E-state index contributed by atoms with van der Waals surface area (Å²) < 4.78 is 5.77. The Morgan fingerprint density at radius 2 is 1.94 bits per heavy atom. The number of aromatic nitrogens is 1. The second kappa shape index (κ2) is 4.49. The zero-order valence-corrected chi connectivity index (χ0v) is 10.0. The van der Waals surface area contributed by atoms with Gasteiger partial charge in [0.05, 0.1) is 0 Å². The van der Waals surface area contributed by atoms with E-state index in [1.54, 1.807) is 0 Å². The van der Waals surface area contributed by atoms with Gasteiger partial charge in [0.15, 0.2) is 11.5 Å². The molecular formula is C14H18N2O. The van der Waals surface area contributed by atoms with Crippen LogP contribution in [0.5, 0.6) is 0 Å². The predicted molar refractivity (Wildman–Crippen MR) is 68.0 cm³/mol. The smallest absolute Gasteiger partial charge is 0.195 e. The average Bonchev–Trinajstić information content (AvgIpc) is 2.75. The molecule has 0 saturated carbocycles. The van der Waals surface area contributed by atoms with Crippen LogP contribution in [-0.2, 0) is 19.3 Å². The van der Waals surface area contributed by atoms with Crippen LogP contribution in [0.15, 0.2) is 16.5 Å². The molecule has 0 spiro atoms. The Morgan fingerprint density at radius 1 is 1.18 bits per heavy atom. The highest BCUT2D eigenvalue weighted by atomic mass is 16.3. The van der Waals surface area contributed by atoms with Crippen LogP contribution in [0.1, 0.15) is 36.3 Å². The van der Waals surface area contributed by atoms with Crippen molar-refractivity contribution < 1.29 is 4.42 Å². The van der Waals surface area contributed by atoms with Gasteiger partial charge in [0.1, 0.15) is 5.52 Å². The molecule has 0 unspecified atom stereocenters. The van der Waals surface area contributed by atoms with E-state index in [0.717, 1.165) is 29.8 Å². The first kappa shape index (κ1) is 10.8. The average molecular weight is 230 g/mol. The van der Waals surface area contributed by atoms with Gasteiger partial charge in [-0.05, 0) is 61.9 Å². The van der Waals surface area contributed by atoms with Gasteiger partial charge >= 0.3 is 0 Å². The van der Waals surface area contributed by atoms with Crippen LogP contribution in [0.25, 0.3) is 11.1 Å². The fraction of sp³-hybridized carbons (Fsp3) is 0.500. The minimum atomic E-state index is 0.690. The number of rotatable bonds is 3. The number of hydrogen-bond acceptors (Lipinski definition) is 3. The Kier molecular flexibility index (Phi) is 2.85. The molecule has 0 aliphatic heterocycles. The highest BCUT2D eigenvalue weighted by Crippen LogP contribution is 2.27. The van der Waals surface area contributed by atoms with Crippen molar-refractivity contribution in [3.63, 3.8) is 0 Å². The summed E-state index contributed by atoms with van der Waals surface area (Å²) in [5.74, 6) is 0.827. The van der Waals surface area contributed by atoms with Crippen molar-refractivity contribution in [2.75, 3.05) is 6.54 Å². The zero-order chi connectivity index (χ0) is 11.7. The standard InChI is InChI=1S/C14H18N2O/c15-7-3-6-14-16-12-8-10-4-1-2-5-11(10)9-13(12)17-14/h8-9H,1-7,15H2. The second-order valence-corrected chi connectivity index (χ2v) is 4.80. The van der Waals surface area contributed by atoms with E-state index in [4.69, 9.17) is 10.2 Å². The Bertz CT molecular complexity index is 487. The van der Waals surface area contributed by atoms with Crippen LogP contribution in [0, 0.1) is 0 Å². The number of benzene rings is 1. The summed E-state index contributed by atoms with van der Waals surface area (Å²) in [7, 11) is 0. The van der Waals surface area contributed by atoms with Crippen LogP contribution in [-0.4, -0.2) is 11.5 Å². The summed E-state index contributed by atoms with van der Waals surface area (Å²) in [6.07, 6.45) is 6.76. The molecule has 1 aliphatic rings. The molecule has 3 heteroatoms. The summed E-state index contributed by atoms with van der Waals surface area (Å²) in [6, 6.07) is 4.39. The molecule has 0 saturated heterocycles. The van der Waals surface area contributed by atoms with Gasteiger partial charge in [-0.2, -0.15) is 0 Å². The maximum atomic E-state index is 5.77. The van der Waals surface area contributed by atoms with Crippen molar-refractivity contribution in [3.05, 3.63) is 29.2 Å². The summed E-state index contributed by atoms with van der Waals surface area (Å²) in [6.45, 7) is 0.690. The second-order valence-electron chi connectivity index (χ2n) is 4.80. The predicted octanol–water partition coefficient (Wildman–Crippen LogP) is 2.60. The third kappa shape index (κ3) is 2.07. The fourth-order valence-electron chi connectivity index (χ4n) is 2.56. The summed E-state index contributed by atoms with van der Waals surface area (Å²) in [4.78, 5) is 4.54. The molecule has 1 aromatic heterocycles. The van der Waals surface area contributed by atoms with E-state index in [0.29, 0.717) is 6.54 Å². The number of aryl methyl sites for hydroxylation is 3. The summed E-state index contributed by atoms with van der Waals surface area (Å²) in [5, 5.41) is 0. The van der Waals surface area contributed by atoms with Gasteiger partial charge in [-0.15, -0.1) is 0 Å². The van der Waals surface area contributed by atoms with E-state index in [1.165, 1.54) is 36.8 Å². The largest absolute Gasteiger partial charge is 0.441 e. The van der Waals surface area contributed by atoms with E-state index in [9.17, 15) is 0 Å². The minimum absolute atomic E-state index is 0.690. The Balaban J connectivity index is 1.98. The maximum Gasteiger partial charge on any atom is 0.195 e. The van der Waals surface area contributed by atoms with Crippen molar-refractivity contribution in [2.45, 2.75) is 38.5 Å². The van der Waals surface area contributed by atoms with Gasteiger partial charge in [-0.3, -0.25) is 0 Å². The van der Waals surface area contributed by atoms with Gasteiger partial charge < -0.3 is 10.2 Å². The lowest BCUT2D eigenvalue weighted by atomic mass is 9.91. The van der Waals surface area contributed by atoms with Crippen molar-refractivity contribution >= 4 is 11.1 Å². The molecule has 3 rings (SSSR count). The molecule has 0 amide bonds. The topological polar surface area (TPSA) is 52.0 Å². The van der Waals surface area contributed by atoms with Crippen LogP contribution in [0.3, 0.4) is 0 Å². The molecule has 2 N–H and O–H groups in total. The monoisotopic (exact) mass is 230 g/mol. The van der Waals surface area contributed by atoms with E-state index >= 15 is 0 Å². The van der Waals surface area contributed by atoms with Gasteiger partial charge in [-0.25, -0.2) is 4.98 Å². The number of nitrogens with zero attached hydrogens (tertiary/aromatic N) is 1. The Morgan fingerprint density at radius 3 is 2.71 bits per heavy atom. The lowest BCUT2D eigenvalue weighted by molar-refractivity contribution is 0.520. The molecule has 1 heterocycles. The Labute approximate surface area is 101 Å². The molecular weight excluding hydrogens is 212 g/mol. The molecule has 3 nitrogen and oxygen atoms in total. The first-order chi connectivity index (χ1) is 8.36. The highest BCUT2D eigenvalue weighted by molar-refractivity contribution is 5.75. The third-order valence-corrected chi connectivity index (χ3v) is 3.49. The van der Waals surface area contributed by atoms with Crippen LogP contribution in [0.4, 0.5) is 0 Å². The van der Waals surface area contributed by atoms with Crippen molar-refractivity contribution in [1.82, 2.24) is 4.98 Å². The first-order valence-electron chi connectivity index (χ1n) is 6.48. The maximum absolute atomic E-state index is 5.77. The zero-order valence-electron chi connectivity index (χ0n) is 10.0. The van der Waals surface area contributed by atoms with E-state index in [2.05, 4.69) is 17.1 Å². The fourth-order valence-corrected chi connectivity index (χ4v) is 2.56. The molecule has 17 heavy (non-hydrogen) atoms. The van der Waals surface area contributed by atoms with E-state index < -0.39 is 0 Å². The quantitative estimate of drug-likeness (QED) is 0.881. The SMILES string of the molecule is NCCCc1nc2cc3c(cc2o1)CCCC3. The molecule has 1 aliphatic carbocycles. The third-order valence-electron chi connectivity index (χ3n) is 3.49. The normalized spacial score (nSPS) is 15.1. The van der Waals surface area contributed by atoms with Gasteiger partial charge in [-0.1, -0.05) is 0 Å². The first-order valence-corrected chi connectivity index (χ1v) is 6.48. The molecule has 1 aromatic carbocycles. The Hall–Kier alpha value is -1.35. The molecule has 0 bridgehead atoms. The van der Waals surface area contributed by atoms with Crippen molar-refractivity contribution in [2.24, 2.45) is 5.73 Å². The lowest BCUT2D eigenvalue weighted by Gasteiger charge is -2.14. The summed E-state index contributed by atoms with van der Waals surface area (Å²) >= 11 is 0. The van der Waals surface area contributed by atoms with Crippen molar-refractivity contribution in [1.29, 1.82) is 0 Å². The number of hydrogen-bond donors (Lipinski definition) is 1. The van der Waals surface area contributed by atoms with Crippen LogP contribution in [0.2, 0.25) is 0 Å². The highest BCUT2D eigenvalue weighted by Gasteiger charge is 2.13. The molecule has 0 atom stereocenters. The van der Waals surface area contributed by atoms with Gasteiger partial charge in [0.25, 0.3) is 0 Å². The van der Waals surface area contributed by atoms with Gasteiger partial charge in [0.2, 0.25) is 0 Å². The number of nitrogens with two attached hydrogens (primary N) is 1. The van der Waals surface area contributed by atoms with Gasteiger partial charge in [0, 0.05) is 6.42 Å². The van der Waals surface area contributed by atoms with Crippen molar-refractivity contribution in [3.8, 4) is 0 Å². The minimum Gasteiger partial charge on any atom is -0.441 e. The lowest BCUT2D eigenvalue weighted by Crippen LogP contribution is -2.01. The van der Waals surface area contributed by atoms with Crippen LogP contribution < -0.4 is 5.73 Å². The molecule has 90 valence electrons. The summed E-state index contributed by atoms with van der Waals surface area (Å²) in [5.41, 5.74) is 10.4. The molecule has 0 radical (unpaired) electrons. The molecule has 0 fully saturated rings. The van der Waals surface area contributed by atoms with Crippen LogP contribution >= 0.6 is 0 Å². The van der Waals surface area contributed by atoms with E-state index in [-0.39, 0.29) is 0 Å². The number of fused-ring (bicyclic) bond motifs is 2. The molecule has 2 aromatic rings. The van der Waals surface area contributed by atoms with E-state index in [1.807, 2.05) is 0 Å². The number of oxazole rings is 1.